The van der Waals surface area contributed by atoms with Crippen molar-refractivity contribution in [3.05, 3.63) is 28.5 Å². The average Bonchev–Trinajstić information content (AvgIpc) is 2.55. The number of amidine groups is 1. The fraction of sp³-hybridized carbons (Fsp3) is 0.467. The molecule has 1 aliphatic carbocycles. The number of carbonyl (C=O) groups excluding carboxylic acids is 1. The van der Waals surface area contributed by atoms with Crippen molar-refractivity contribution in [2.45, 2.75) is 25.7 Å². The number of benzene rings is 1. The lowest BCUT2D eigenvalue weighted by molar-refractivity contribution is -0.117. The summed E-state index contributed by atoms with van der Waals surface area (Å²) in [7, 11) is -3.70. The van der Waals surface area contributed by atoms with E-state index in [0.717, 1.165) is 0 Å². The van der Waals surface area contributed by atoms with E-state index in [1.54, 1.807) is 0 Å². The molecule has 0 aromatic heterocycles. The predicted octanol–water partition coefficient (Wildman–Crippen LogP) is 2.15. The SMILES string of the molecule is N=C(Nc1ccc(F)c(Br)c1)C(=O)[C@H]1CC[C@H](CNS(N)(=O)=O)CC1. The molecule has 7 nitrogen and oxygen atoms in total. The van der Waals surface area contributed by atoms with Crippen LogP contribution in [0.15, 0.2) is 22.7 Å². The Balaban J connectivity index is 1.85. The van der Waals surface area contributed by atoms with Gasteiger partial charge in [0.05, 0.1) is 4.47 Å². The zero-order valence-electron chi connectivity index (χ0n) is 13.4. The highest BCUT2D eigenvalue weighted by Gasteiger charge is 2.29. The topological polar surface area (TPSA) is 125 Å². The van der Waals surface area contributed by atoms with Gasteiger partial charge in [0.2, 0.25) is 5.78 Å². The highest BCUT2D eigenvalue weighted by atomic mass is 79.9. The molecule has 1 aromatic carbocycles. The Morgan fingerprint density at radius 1 is 1.32 bits per heavy atom. The van der Waals surface area contributed by atoms with Crippen molar-refractivity contribution >= 4 is 43.4 Å². The Morgan fingerprint density at radius 2 is 1.96 bits per heavy atom. The van der Waals surface area contributed by atoms with Crippen LogP contribution in [-0.2, 0) is 15.0 Å². The zero-order valence-corrected chi connectivity index (χ0v) is 15.8. The highest BCUT2D eigenvalue weighted by Crippen LogP contribution is 2.29. The molecule has 0 spiro atoms. The number of anilines is 1. The van der Waals surface area contributed by atoms with Crippen LogP contribution in [0.5, 0.6) is 0 Å². The van der Waals surface area contributed by atoms with Gasteiger partial charge in [-0.05, 0) is 65.7 Å². The van der Waals surface area contributed by atoms with Gasteiger partial charge < -0.3 is 5.32 Å². The Morgan fingerprint density at radius 3 is 2.52 bits per heavy atom. The molecule has 1 aromatic rings. The fourth-order valence-corrected chi connectivity index (χ4v) is 3.69. The van der Waals surface area contributed by atoms with E-state index >= 15 is 0 Å². The normalized spacial score (nSPS) is 20.9. The number of rotatable bonds is 6. The largest absolute Gasteiger partial charge is 0.338 e. The Kier molecular flexibility index (Phi) is 6.66. The highest BCUT2D eigenvalue weighted by molar-refractivity contribution is 9.10. The van der Waals surface area contributed by atoms with Gasteiger partial charge in [0.1, 0.15) is 5.82 Å². The van der Waals surface area contributed by atoms with Crippen LogP contribution in [-0.4, -0.2) is 26.6 Å². The Labute approximate surface area is 154 Å². The van der Waals surface area contributed by atoms with E-state index in [1.807, 2.05) is 0 Å². The first-order valence-corrected chi connectivity index (χ1v) is 10.1. The molecule has 0 amide bonds. The van der Waals surface area contributed by atoms with Crippen molar-refractivity contribution in [3.8, 4) is 0 Å². The van der Waals surface area contributed by atoms with Gasteiger partial charge >= 0.3 is 0 Å². The molecule has 5 N–H and O–H groups in total. The molecule has 0 bridgehead atoms. The maximum absolute atomic E-state index is 13.2. The lowest BCUT2D eigenvalue weighted by Crippen LogP contribution is -2.37. The summed E-state index contributed by atoms with van der Waals surface area (Å²) in [5, 5.41) is 15.5. The van der Waals surface area contributed by atoms with Crippen molar-refractivity contribution in [2.24, 2.45) is 17.0 Å². The molecular weight excluding hydrogens is 415 g/mol. The molecule has 138 valence electrons. The van der Waals surface area contributed by atoms with Gasteiger partial charge in [-0.1, -0.05) is 0 Å². The Hall–Kier alpha value is -1.36. The van der Waals surface area contributed by atoms with Gasteiger partial charge in [-0.15, -0.1) is 0 Å². The summed E-state index contributed by atoms with van der Waals surface area (Å²) in [6.45, 7) is 0.263. The molecule has 0 heterocycles. The standard InChI is InChI=1S/C15H20BrFN4O3S/c16-12-7-11(5-6-13(12)17)21-15(18)14(22)10-3-1-9(2-4-10)8-20-25(19,23)24/h5-7,9-10,20H,1-4,8H2,(H2,18,21)(H2,19,23,24)/t9-,10-. The van der Waals surface area contributed by atoms with Gasteiger partial charge in [-0.25, -0.2) is 14.3 Å². The van der Waals surface area contributed by atoms with E-state index < -0.39 is 16.0 Å². The summed E-state index contributed by atoms with van der Waals surface area (Å²) in [4.78, 5) is 12.4. The van der Waals surface area contributed by atoms with Crippen LogP contribution < -0.4 is 15.2 Å². The second-order valence-electron chi connectivity index (χ2n) is 6.10. The molecule has 10 heteroatoms. The molecule has 0 unspecified atom stereocenters. The first kappa shape index (κ1) is 20.0. The van der Waals surface area contributed by atoms with Crippen molar-refractivity contribution in [1.29, 1.82) is 5.41 Å². The first-order valence-electron chi connectivity index (χ1n) is 7.78. The Bertz CT molecular complexity index is 764. The maximum atomic E-state index is 13.2. The van der Waals surface area contributed by atoms with Crippen LogP contribution >= 0.6 is 15.9 Å². The van der Waals surface area contributed by atoms with E-state index in [1.165, 1.54) is 18.2 Å². The minimum Gasteiger partial charge on any atom is -0.338 e. The average molecular weight is 435 g/mol. The van der Waals surface area contributed by atoms with Gasteiger partial charge in [0.15, 0.2) is 5.84 Å². The molecule has 1 fully saturated rings. The minimum atomic E-state index is -3.70. The number of nitrogens with one attached hydrogen (secondary N) is 3. The summed E-state index contributed by atoms with van der Waals surface area (Å²) in [6, 6.07) is 4.17. The molecule has 0 saturated heterocycles. The second kappa shape index (κ2) is 8.35. The van der Waals surface area contributed by atoms with Crippen LogP contribution in [0.1, 0.15) is 25.7 Å². The summed E-state index contributed by atoms with van der Waals surface area (Å²) in [5.74, 6) is -1.08. The maximum Gasteiger partial charge on any atom is 0.274 e. The fourth-order valence-electron chi connectivity index (χ4n) is 2.85. The number of carbonyl (C=O) groups is 1. The third kappa shape index (κ3) is 6.14. The van der Waals surface area contributed by atoms with Crippen LogP contribution in [0.4, 0.5) is 10.1 Å². The second-order valence-corrected chi connectivity index (χ2v) is 8.34. The quantitative estimate of drug-likeness (QED) is 0.404. The smallest absolute Gasteiger partial charge is 0.274 e. The van der Waals surface area contributed by atoms with E-state index in [2.05, 4.69) is 26.0 Å². The number of ketones is 1. The summed E-state index contributed by atoms with van der Waals surface area (Å²) >= 11 is 3.06. The third-order valence-corrected chi connectivity index (χ3v) is 5.40. The van der Waals surface area contributed by atoms with Crippen LogP contribution in [0, 0.1) is 23.1 Å². The van der Waals surface area contributed by atoms with Gasteiger partial charge in [-0.2, -0.15) is 8.42 Å². The zero-order chi connectivity index (χ0) is 18.6. The lowest BCUT2D eigenvalue weighted by atomic mass is 9.80. The van der Waals surface area contributed by atoms with Crippen LogP contribution in [0.3, 0.4) is 0 Å². The van der Waals surface area contributed by atoms with Crippen molar-refractivity contribution < 1.29 is 17.6 Å². The lowest BCUT2D eigenvalue weighted by Gasteiger charge is -2.27. The minimum absolute atomic E-state index is 0.137. The van der Waals surface area contributed by atoms with E-state index in [9.17, 15) is 17.6 Å². The third-order valence-electron chi connectivity index (χ3n) is 4.23. The number of halogens is 2. The molecule has 2 rings (SSSR count). The van der Waals surface area contributed by atoms with Crippen LogP contribution in [0.25, 0.3) is 0 Å². The monoisotopic (exact) mass is 434 g/mol. The molecule has 0 aliphatic heterocycles. The van der Waals surface area contributed by atoms with Gasteiger partial charge in [0, 0.05) is 18.2 Å². The summed E-state index contributed by atoms with van der Waals surface area (Å²) in [5.41, 5.74) is 0.456. The molecule has 25 heavy (non-hydrogen) atoms. The molecule has 0 atom stereocenters. The van der Waals surface area contributed by atoms with Crippen molar-refractivity contribution in [2.75, 3.05) is 11.9 Å². The van der Waals surface area contributed by atoms with Gasteiger partial charge in [-0.3, -0.25) is 10.2 Å². The van der Waals surface area contributed by atoms with Crippen LogP contribution in [0.2, 0.25) is 0 Å². The summed E-state index contributed by atoms with van der Waals surface area (Å²) < 4.78 is 37.5. The number of Topliss-reactive ketones (excluding diaryl/α,β-unsaturated/α-hetero) is 1. The number of nitrogens with two attached hydrogens (primary N) is 1. The van der Waals surface area contributed by atoms with Gasteiger partial charge in [0.25, 0.3) is 10.2 Å². The molecule has 1 saturated carbocycles. The van der Waals surface area contributed by atoms with E-state index in [0.29, 0.717) is 31.4 Å². The van der Waals surface area contributed by atoms with Crippen molar-refractivity contribution in [1.82, 2.24) is 4.72 Å². The van der Waals surface area contributed by atoms with Crippen molar-refractivity contribution in [3.63, 3.8) is 0 Å². The number of hydrogen-bond acceptors (Lipinski definition) is 4. The summed E-state index contributed by atoms with van der Waals surface area (Å²) in [6.07, 6.45) is 2.56. The number of hydrogen-bond donors (Lipinski definition) is 4. The molecular formula is C15H20BrFN4O3S. The first-order chi connectivity index (χ1) is 11.7. The predicted molar refractivity (Wildman–Crippen MR) is 97.0 cm³/mol. The molecule has 1 aliphatic rings. The van der Waals surface area contributed by atoms with E-state index in [4.69, 9.17) is 10.5 Å². The van der Waals surface area contributed by atoms with E-state index in [-0.39, 0.29) is 34.5 Å². The molecule has 0 radical (unpaired) electrons.